The van der Waals surface area contributed by atoms with Gasteiger partial charge in [0.05, 0.1) is 6.07 Å². The van der Waals surface area contributed by atoms with Crippen molar-refractivity contribution in [1.29, 1.82) is 5.26 Å². The Labute approximate surface area is 103 Å². The Bertz CT molecular complexity index is 524. The normalized spacial score (nSPS) is 25.6. The van der Waals surface area contributed by atoms with Crippen LogP contribution in [0.5, 0.6) is 0 Å². The minimum absolute atomic E-state index is 0.0146. The second kappa shape index (κ2) is 4.37. The molecule has 3 nitrogen and oxygen atoms in total. The van der Waals surface area contributed by atoms with Crippen molar-refractivity contribution in [3.05, 3.63) is 29.8 Å². The van der Waals surface area contributed by atoms with Crippen molar-refractivity contribution in [2.24, 2.45) is 11.3 Å². The highest BCUT2D eigenvalue weighted by atomic mass is 19.3. The lowest BCUT2D eigenvalue weighted by molar-refractivity contribution is -0.119. The van der Waals surface area contributed by atoms with E-state index < -0.39 is 17.7 Å². The molecule has 0 radical (unpaired) electrons. The molecule has 2 atom stereocenters. The van der Waals surface area contributed by atoms with E-state index in [1.807, 2.05) is 13.0 Å². The van der Waals surface area contributed by atoms with Gasteiger partial charge in [-0.15, -0.1) is 0 Å². The minimum atomic E-state index is -2.58. The zero-order chi connectivity index (χ0) is 13.3. The molecule has 18 heavy (non-hydrogen) atoms. The van der Waals surface area contributed by atoms with E-state index in [9.17, 15) is 13.6 Å². The number of hydrogen-bond acceptors (Lipinski definition) is 2. The Morgan fingerprint density at radius 2 is 2.28 bits per heavy atom. The summed E-state index contributed by atoms with van der Waals surface area (Å²) in [6, 6.07) is 7.49. The van der Waals surface area contributed by atoms with Crippen LogP contribution in [0.15, 0.2) is 24.3 Å². The number of anilines is 1. The molecule has 1 fully saturated rings. The number of carbonyl (C=O) groups excluding carboxylic acids is 1. The average molecular weight is 250 g/mol. The van der Waals surface area contributed by atoms with E-state index in [-0.39, 0.29) is 11.5 Å². The van der Waals surface area contributed by atoms with E-state index in [0.717, 1.165) is 0 Å². The fourth-order valence-electron chi connectivity index (χ4n) is 1.94. The van der Waals surface area contributed by atoms with Crippen LogP contribution in [-0.2, 0) is 4.79 Å². The number of hydrogen-bond donors (Lipinski definition) is 1. The number of carbonyl (C=O) groups is 1. The van der Waals surface area contributed by atoms with Crippen molar-refractivity contribution in [3.63, 3.8) is 0 Å². The van der Waals surface area contributed by atoms with Gasteiger partial charge in [0.2, 0.25) is 5.91 Å². The van der Waals surface area contributed by atoms with E-state index in [1.165, 1.54) is 24.3 Å². The van der Waals surface area contributed by atoms with Crippen molar-refractivity contribution < 1.29 is 13.6 Å². The lowest BCUT2D eigenvalue weighted by Crippen LogP contribution is -2.24. The largest absolute Gasteiger partial charge is 0.325 e. The van der Waals surface area contributed by atoms with Gasteiger partial charge in [0.1, 0.15) is 5.41 Å². The Hall–Kier alpha value is -1.96. The van der Waals surface area contributed by atoms with Gasteiger partial charge < -0.3 is 5.32 Å². The molecule has 0 saturated heterocycles. The van der Waals surface area contributed by atoms with Crippen molar-refractivity contribution in [1.82, 2.24) is 0 Å². The predicted octanol–water partition coefficient (Wildman–Crippen LogP) is 3.11. The topological polar surface area (TPSA) is 52.9 Å². The number of rotatable bonds is 3. The number of nitriles is 1. The molecule has 0 aromatic heterocycles. The Balaban J connectivity index is 2.13. The third-order valence-corrected chi connectivity index (χ3v) is 3.31. The van der Waals surface area contributed by atoms with Crippen molar-refractivity contribution in [2.45, 2.75) is 19.8 Å². The highest BCUT2D eigenvalue weighted by molar-refractivity contribution is 5.99. The summed E-state index contributed by atoms with van der Waals surface area (Å²) in [6.07, 6.45) is -2.06. The van der Waals surface area contributed by atoms with Crippen LogP contribution in [0.3, 0.4) is 0 Å². The smallest absolute Gasteiger partial charge is 0.263 e. The highest BCUT2D eigenvalue weighted by Crippen LogP contribution is 2.52. The van der Waals surface area contributed by atoms with Crippen LogP contribution in [0.2, 0.25) is 0 Å². The molecule has 1 aliphatic carbocycles. The maximum absolute atomic E-state index is 12.5. The van der Waals surface area contributed by atoms with E-state index in [0.29, 0.717) is 12.1 Å². The summed E-state index contributed by atoms with van der Waals surface area (Å²) in [7, 11) is 0. The molecule has 0 unspecified atom stereocenters. The van der Waals surface area contributed by atoms with Crippen LogP contribution >= 0.6 is 0 Å². The van der Waals surface area contributed by atoms with Gasteiger partial charge >= 0.3 is 0 Å². The molecule has 1 aromatic rings. The second-order valence-electron chi connectivity index (χ2n) is 4.57. The standard InChI is InChI=1S/C13H12F2N2O/c1-8-6-13(8,7-16)12(18)17-10-4-2-3-9(5-10)11(14)15/h2-5,8,11H,6H2,1H3,(H,17,18)/t8-,13-/m0/s1. The minimum Gasteiger partial charge on any atom is -0.325 e. The van der Waals surface area contributed by atoms with E-state index >= 15 is 0 Å². The van der Waals surface area contributed by atoms with Gasteiger partial charge in [-0.25, -0.2) is 8.78 Å². The quantitative estimate of drug-likeness (QED) is 0.896. The maximum atomic E-state index is 12.5. The number of alkyl halides is 2. The summed E-state index contributed by atoms with van der Waals surface area (Å²) in [5.41, 5.74) is -0.838. The van der Waals surface area contributed by atoms with Crippen LogP contribution in [0.4, 0.5) is 14.5 Å². The lowest BCUT2D eigenvalue weighted by Gasteiger charge is -2.10. The first-order valence-electron chi connectivity index (χ1n) is 5.60. The molecule has 0 aliphatic heterocycles. The number of nitrogens with zero attached hydrogens (tertiary/aromatic N) is 1. The number of nitrogens with one attached hydrogen (secondary N) is 1. The molecule has 94 valence electrons. The third kappa shape index (κ3) is 2.06. The molecule has 5 heteroatoms. The second-order valence-corrected chi connectivity index (χ2v) is 4.57. The molecule has 2 rings (SSSR count). The van der Waals surface area contributed by atoms with Crippen molar-refractivity contribution in [2.75, 3.05) is 5.32 Å². The fourth-order valence-corrected chi connectivity index (χ4v) is 1.94. The van der Waals surface area contributed by atoms with Crippen molar-refractivity contribution >= 4 is 11.6 Å². The monoisotopic (exact) mass is 250 g/mol. The summed E-state index contributed by atoms with van der Waals surface area (Å²) in [5, 5.41) is 11.5. The summed E-state index contributed by atoms with van der Waals surface area (Å²) in [6.45, 7) is 1.82. The van der Waals surface area contributed by atoms with Crippen LogP contribution in [0, 0.1) is 22.7 Å². The van der Waals surface area contributed by atoms with Gasteiger partial charge in [0, 0.05) is 11.3 Å². The highest BCUT2D eigenvalue weighted by Gasteiger charge is 2.58. The molecule has 0 spiro atoms. The zero-order valence-corrected chi connectivity index (χ0v) is 9.78. The Kier molecular flexibility index (Phi) is 3.04. The van der Waals surface area contributed by atoms with Gasteiger partial charge in [-0.3, -0.25) is 4.79 Å². The zero-order valence-electron chi connectivity index (χ0n) is 9.78. The Morgan fingerprint density at radius 3 is 2.78 bits per heavy atom. The Morgan fingerprint density at radius 1 is 1.61 bits per heavy atom. The number of amides is 1. The van der Waals surface area contributed by atoms with Gasteiger partial charge in [-0.2, -0.15) is 5.26 Å². The van der Waals surface area contributed by atoms with Gasteiger partial charge in [0.15, 0.2) is 0 Å². The first-order chi connectivity index (χ1) is 8.49. The first kappa shape index (κ1) is 12.5. The molecule has 0 bridgehead atoms. The molecular weight excluding hydrogens is 238 g/mol. The van der Waals surface area contributed by atoms with Gasteiger partial charge in [-0.1, -0.05) is 19.1 Å². The lowest BCUT2D eigenvalue weighted by atomic mass is 10.1. The van der Waals surface area contributed by atoms with E-state index in [4.69, 9.17) is 5.26 Å². The summed E-state index contributed by atoms with van der Waals surface area (Å²) in [5.74, 6) is -0.398. The third-order valence-electron chi connectivity index (χ3n) is 3.31. The van der Waals surface area contributed by atoms with E-state index in [2.05, 4.69) is 5.32 Å². The van der Waals surface area contributed by atoms with Crippen LogP contribution < -0.4 is 5.32 Å². The average Bonchev–Trinajstić information content (AvgIpc) is 3.02. The SMILES string of the molecule is C[C@H]1C[C@@]1(C#N)C(=O)Nc1cccc(C(F)F)c1. The maximum Gasteiger partial charge on any atom is 0.263 e. The van der Waals surface area contributed by atoms with Gasteiger partial charge in [0.25, 0.3) is 6.43 Å². The molecule has 0 heterocycles. The molecule has 1 N–H and O–H groups in total. The molecule has 1 saturated carbocycles. The number of benzene rings is 1. The fraction of sp³-hybridized carbons (Fsp3) is 0.385. The predicted molar refractivity (Wildman–Crippen MR) is 61.9 cm³/mol. The summed E-state index contributed by atoms with van der Waals surface area (Å²) >= 11 is 0. The summed E-state index contributed by atoms with van der Waals surface area (Å²) < 4.78 is 25.0. The first-order valence-corrected chi connectivity index (χ1v) is 5.60. The van der Waals surface area contributed by atoms with Crippen LogP contribution in [-0.4, -0.2) is 5.91 Å². The molecule has 1 aliphatic rings. The molecular formula is C13H12F2N2O. The van der Waals surface area contributed by atoms with E-state index in [1.54, 1.807) is 0 Å². The molecule has 1 amide bonds. The molecule has 1 aromatic carbocycles. The summed E-state index contributed by atoms with van der Waals surface area (Å²) in [4.78, 5) is 11.9. The van der Waals surface area contributed by atoms with Gasteiger partial charge in [-0.05, 0) is 24.5 Å². The number of halogens is 2. The van der Waals surface area contributed by atoms with Crippen LogP contribution in [0.25, 0.3) is 0 Å². The van der Waals surface area contributed by atoms with Crippen LogP contribution in [0.1, 0.15) is 25.3 Å². The van der Waals surface area contributed by atoms with Crippen molar-refractivity contribution in [3.8, 4) is 6.07 Å².